The standard InChI is InChI=1S/C14H22FN3O2S/c1-9-6-12(15)13(16)10(2)14(9)21(19,20)17-7-11-4-5-18(3)8-11/h6,11,17H,4-5,7-8,16H2,1-3H3. The predicted molar refractivity (Wildman–Crippen MR) is 81.1 cm³/mol. The van der Waals surface area contributed by atoms with Crippen molar-refractivity contribution in [2.45, 2.75) is 25.2 Å². The molecule has 5 nitrogen and oxygen atoms in total. The average Bonchev–Trinajstić information content (AvgIpc) is 2.79. The molecule has 0 bridgehead atoms. The lowest BCUT2D eigenvalue weighted by molar-refractivity contribution is 0.394. The van der Waals surface area contributed by atoms with E-state index in [4.69, 9.17) is 5.73 Å². The quantitative estimate of drug-likeness (QED) is 0.820. The molecule has 0 aromatic heterocycles. The van der Waals surface area contributed by atoms with Crippen LogP contribution in [0, 0.1) is 25.6 Å². The van der Waals surface area contributed by atoms with Crippen molar-refractivity contribution in [3.05, 3.63) is 23.0 Å². The number of aryl methyl sites for hydroxylation is 1. The van der Waals surface area contributed by atoms with E-state index in [2.05, 4.69) is 9.62 Å². The molecule has 0 spiro atoms. The first-order chi connectivity index (χ1) is 9.72. The summed E-state index contributed by atoms with van der Waals surface area (Å²) in [6.45, 7) is 5.36. The molecule has 1 heterocycles. The number of halogens is 1. The Morgan fingerprint density at radius 1 is 1.48 bits per heavy atom. The van der Waals surface area contributed by atoms with Gasteiger partial charge in [-0.1, -0.05) is 0 Å². The van der Waals surface area contributed by atoms with E-state index in [0.29, 0.717) is 18.0 Å². The molecule has 1 fully saturated rings. The van der Waals surface area contributed by atoms with Gasteiger partial charge in [0, 0.05) is 13.1 Å². The summed E-state index contributed by atoms with van der Waals surface area (Å²) in [4.78, 5) is 2.26. The van der Waals surface area contributed by atoms with E-state index < -0.39 is 15.8 Å². The fraction of sp³-hybridized carbons (Fsp3) is 0.571. The Morgan fingerprint density at radius 3 is 2.71 bits per heavy atom. The molecule has 3 N–H and O–H groups in total. The summed E-state index contributed by atoms with van der Waals surface area (Å²) in [7, 11) is -1.66. The third-order valence-electron chi connectivity index (χ3n) is 4.02. The van der Waals surface area contributed by atoms with Gasteiger partial charge in [0.25, 0.3) is 0 Å². The van der Waals surface area contributed by atoms with Gasteiger partial charge in [0.15, 0.2) is 0 Å². The molecule has 1 aromatic carbocycles. The fourth-order valence-electron chi connectivity index (χ4n) is 2.84. The van der Waals surface area contributed by atoms with Crippen molar-refractivity contribution < 1.29 is 12.8 Å². The molecular formula is C14H22FN3O2S. The second-order valence-corrected chi connectivity index (χ2v) is 7.52. The van der Waals surface area contributed by atoms with Crippen LogP contribution in [0.15, 0.2) is 11.0 Å². The van der Waals surface area contributed by atoms with Crippen LogP contribution in [0.25, 0.3) is 0 Å². The van der Waals surface area contributed by atoms with Gasteiger partial charge in [-0.15, -0.1) is 0 Å². The smallest absolute Gasteiger partial charge is 0.241 e. The van der Waals surface area contributed by atoms with Crippen LogP contribution < -0.4 is 10.5 Å². The number of anilines is 1. The minimum absolute atomic E-state index is 0.0905. The van der Waals surface area contributed by atoms with E-state index in [-0.39, 0.29) is 16.1 Å². The maximum atomic E-state index is 13.5. The molecular weight excluding hydrogens is 293 g/mol. The zero-order valence-electron chi connectivity index (χ0n) is 12.6. The van der Waals surface area contributed by atoms with Crippen molar-refractivity contribution in [1.29, 1.82) is 0 Å². The molecule has 2 rings (SSSR count). The van der Waals surface area contributed by atoms with Crippen molar-refractivity contribution >= 4 is 15.7 Å². The van der Waals surface area contributed by atoms with Crippen molar-refractivity contribution in [3.8, 4) is 0 Å². The highest BCUT2D eigenvalue weighted by atomic mass is 32.2. The number of hydrogen-bond donors (Lipinski definition) is 2. The number of rotatable bonds is 4. The molecule has 1 atom stereocenters. The molecule has 1 aromatic rings. The van der Waals surface area contributed by atoms with E-state index in [1.54, 1.807) is 6.92 Å². The number of nitrogens with two attached hydrogens (primary N) is 1. The summed E-state index contributed by atoms with van der Waals surface area (Å²) >= 11 is 0. The second-order valence-electron chi connectivity index (χ2n) is 5.81. The first-order valence-electron chi connectivity index (χ1n) is 6.95. The van der Waals surface area contributed by atoms with Crippen LogP contribution in [0.5, 0.6) is 0 Å². The molecule has 0 amide bonds. The van der Waals surface area contributed by atoms with Crippen LogP contribution in [0.2, 0.25) is 0 Å². The van der Waals surface area contributed by atoms with Gasteiger partial charge in [0.1, 0.15) is 5.82 Å². The first-order valence-corrected chi connectivity index (χ1v) is 8.44. The number of likely N-dealkylation sites (tertiary alicyclic amines) is 1. The minimum Gasteiger partial charge on any atom is -0.396 e. The maximum absolute atomic E-state index is 13.5. The van der Waals surface area contributed by atoms with Gasteiger partial charge in [-0.05, 0) is 57.0 Å². The first kappa shape index (κ1) is 16.2. The molecule has 1 aliphatic heterocycles. The highest BCUT2D eigenvalue weighted by molar-refractivity contribution is 7.89. The van der Waals surface area contributed by atoms with Crippen LogP contribution in [-0.4, -0.2) is 40.0 Å². The molecule has 1 saturated heterocycles. The highest BCUT2D eigenvalue weighted by Gasteiger charge is 2.25. The summed E-state index contributed by atoms with van der Waals surface area (Å²) in [5.74, 6) is -0.274. The Kier molecular flexibility index (Phi) is 4.55. The van der Waals surface area contributed by atoms with Crippen molar-refractivity contribution in [3.63, 3.8) is 0 Å². The number of benzene rings is 1. The summed E-state index contributed by atoms with van der Waals surface area (Å²) < 4.78 is 41.1. The third-order valence-corrected chi connectivity index (χ3v) is 5.74. The van der Waals surface area contributed by atoms with E-state index in [1.807, 2.05) is 7.05 Å². The zero-order chi connectivity index (χ0) is 15.8. The number of nitrogens with zero attached hydrogens (tertiary/aromatic N) is 1. The number of hydrogen-bond acceptors (Lipinski definition) is 4. The van der Waals surface area contributed by atoms with Crippen molar-refractivity contribution in [2.24, 2.45) is 5.92 Å². The third kappa shape index (κ3) is 3.36. The van der Waals surface area contributed by atoms with Crippen LogP contribution in [0.3, 0.4) is 0 Å². The number of nitrogens with one attached hydrogen (secondary N) is 1. The fourth-order valence-corrected chi connectivity index (χ4v) is 4.43. The molecule has 1 unspecified atom stereocenters. The van der Waals surface area contributed by atoms with Gasteiger partial charge in [-0.2, -0.15) is 0 Å². The topological polar surface area (TPSA) is 75.4 Å². The monoisotopic (exact) mass is 315 g/mol. The summed E-state index contributed by atoms with van der Waals surface area (Å²) in [5, 5.41) is 0. The lowest BCUT2D eigenvalue weighted by Gasteiger charge is -2.16. The average molecular weight is 315 g/mol. The summed E-state index contributed by atoms with van der Waals surface area (Å²) in [6, 6.07) is 1.17. The highest BCUT2D eigenvalue weighted by Crippen LogP contribution is 2.27. The van der Waals surface area contributed by atoms with Crippen LogP contribution in [-0.2, 0) is 10.0 Å². The van der Waals surface area contributed by atoms with Gasteiger partial charge < -0.3 is 10.6 Å². The predicted octanol–water partition coefficient (Wildman–Crippen LogP) is 1.25. The van der Waals surface area contributed by atoms with Crippen LogP contribution in [0.1, 0.15) is 17.5 Å². The van der Waals surface area contributed by atoms with Crippen LogP contribution in [0.4, 0.5) is 10.1 Å². The SMILES string of the molecule is Cc1cc(F)c(N)c(C)c1S(=O)(=O)NCC1CCN(C)C1. The maximum Gasteiger partial charge on any atom is 0.241 e. The van der Waals surface area contributed by atoms with Gasteiger partial charge in [0.2, 0.25) is 10.0 Å². The summed E-state index contributed by atoms with van der Waals surface area (Å²) in [6.07, 6.45) is 0.975. The Bertz CT molecular complexity index is 646. The van der Waals surface area contributed by atoms with E-state index in [1.165, 1.54) is 13.0 Å². The van der Waals surface area contributed by atoms with E-state index in [9.17, 15) is 12.8 Å². The van der Waals surface area contributed by atoms with Crippen molar-refractivity contribution in [2.75, 3.05) is 32.4 Å². The Balaban J connectivity index is 2.22. The number of nitrogen functional groups attached to an aromatic ring is 1. The largest absolute Gasteiger partial charge is 0.396 e. The Labute approximate surface area is 125 Å². The van der Waals surface area contributed by atoms with E-state index in [0.717, 1.165) is 19.5 Å². The van der Waals surface area contributed by atoms with Crippen LogP contribution >= 0.6 is 0 Å². The molecule has 1 aliphatic rings. The minimum atomic E-state index is -3.68. The van der Waals surface area contributed by atoms with Gasteiger partial charge >= 0.3 is 0 Å². The normalized spacial score (nSPS) is 20.1. The molecule has 21 heavy (non-hydrogen) atoms. The molecule has 0 radical (unpaired) electrons. The van der Waals surface area contributed by atoms with Gasteiger partial charge in [0.05, 0.1) is 10.6 Å². The summed E-state index contributed by atoms with van der Waals surface area (Å²) in [5.41, 5.74) is 6.14. The number of sulfonamides is 1. The van der Waals surface area contributed by atoms with Gasteiger partial charge in [-0.3, -0.25) is 0 Å². The Morgan fingerprint density at radius 2 is 2.14 bits per heavy atom. The molecule has 7 heteroatoms. The van der Waals surface area contributed by atoms with Gasteiger partial charge in [-0.25, -0.2) is 17.5 Å². The molecule has 0 aliphatic carbocycles. The Hall–Kier alpha value is -1.18. The lowest BCUT2D eigenvalue weighted by atomic mass is 10.1. The molecule has 0 saturated carbocycles. The molecule has 118 valence electrons. The second kappa shape index (κ2) is 5.90. The lowest BCUT2D eigenvalue weighted by Crippen LogP contribution is -2.31. The van der Waals surface area contributed by atoms with Crippen molar-refractivity contribution in [1.82, 2.24) is 9.62 Å². The zero-order valence-corrected chi connectivity index (χ0v) is 13.4. The van der Waals surface area contributed by atoms with E-state index >= 15 is 0 Å².